The van der Waals surface area contributed by atoms with Crippen molar-refractivity contribution in [1.82, 2.24) is 14.7 Å². The first-order valence-corrected chi connectivity index (χ1v) is 7.20. The number of anilines is 1. The average Bonchev–Trinajstić information content (AvgIpc) is 2.65. The molecule has 2 aromatic rings. The van der Waals surface area contributed by atoms with Crippen LogP contribution in [0, 0.1) is 6.92 Å². The summed E-state index contributed by atoms with van der Waals surface area (Å²) in [4.78, 5) is 2.39. The highest BCUT2D eigenvalue weighted by molar-refractivity contribution is 6.31. The number of aryl methyl sites for hydroxylation is 2. The van der Waals surface area contributed by atoms with Crippen LogP contribution in [0.4, 0.5) is 5.69 Å². The summed E-state index contributed by atoms with van der Waals surface area (Å²) in [5.41, 5.74) is 11.4. The Balaban J connectivity index is 1.80. The van der Waals surface area contributed by atoms with Gasteiger partial charge in [0, 0.05) is 32.4 Å². The molecule has 1 aliphatic heterocycles. The van der Waals surface area contributed by atoms with Gasteiger partial charge in [-0.25, -0.2) is 0 Å². The molecule has 1 aliphatic rings. The lowest BCUT2D eigenvalue weighted by atomic mass is 9.99. The van der Waals surface area contributed by atoms with Crippen LogP contribution in [0.25, 0.3) is 0 Å². The second-order valence-corrected chi connectivity index (χ2v) is 5.84. The molecule has 2 N–H and O–H groups in total. The van der Waals surface area contributed by atoms with Gasteiger partial charge in [0.2, 0.25) is 0 Å². The van der Waals surface area contributed by atoms with Gasteiger partial charge in [-0.15, -0.1) is 0 Å². The van der Waals surface area contributed by atoms with Crippen LogP contribution in [-0.2, 0) is 26.6 Å². The fourth-order valence-corrected chi connectivity index (χ4v) is 3.05. The van der Waals surface area contributed by atoms with Gasteiger partial charge in [-0.1, -0.05) is 17.7 Å². The topological polar surface area (TPSA) is 47.1 Å². The van der Waals surface area contributed by atoms with Crippen LogP contribution in [0.15, 0.2) is 18.2 Å². The van der Waals surface area contributed by atoms with Crippen molar-refractivity contribution in [2.45, 2.75) is 26.4 Å². The van der Waals surface area contributed by atoms with Crippen LogP contribution in [0.3, 0.4) is 0 Å². The smallest absolute Gasteiger partial charge is 0.0860 e. The highest BCUT2D eigenvalue weighted by Crippen LogP contribution is 2.25. The molecule has 0 bridgehead atoms. The molecule has 0 fully saturated rings. The zero-order chi connectivity index (χ0) is 14.3. The number of rotatable bonds is 2. The molecule has 3 rings (SSSR count). The third-order valence-corrected chi connectivity index (χ3v) is 4.45. The summed E-state index contributed by atoms with van der Waals surface area (Å²) in [6.07, 6.45) is 1.06. The van der Waals surface area contributed by atoms with E-state index in [2.05, 4.69) is 22.1 Å². The fourth-order valence-electron chi connectivity index (χ4n) is 2.83. The number of nitrogen functional groups attached to an aromatic ring is 1. The monoisotopic (exact) mass is 290 g/mol. The van der Waals surface area contributed by atoms with Crippen LogP contribution in [0.5, 0.6) is 0 Å². The molecule has 1 aromatic heterocycles. The molecule has 0 unspecified atom stereocenters. The Kier molecular flexibility index (Phi) is 3.44. The number of nitrogens with zero attached hydrogens (tertiary/aromatic N) is 3. The molecule has 0 spiro atoms. The molecule has 106 valence electrons. The number of fused-ring (bicyclic) bond motifs is 1. The summed E-state index contributed by atoms with van der Waals surface area (Å²) in [5, 5.41) is 5.16. The van der Waals surface area contributed by atoms with E-state index in [4.69, 9.17) is 17.3 Å². The van der Waals surface area contributed by atoms with Crippen LogP contribution in [-0.4, -0.2) is 21.2 Å². The summed E-state index contributed by atoms with van der Waals surface area (Å²) in [5.74, 6) is 0. The van der Waals surface area contributed by atoms with Crippen LogP contribution in [0.1, 0.15) is 22.5 Å². The Morgan fingerprint density at radius 1 is 1.35 bits per heavy atom. The Hall–Kier alpha value is -1.52. The lowest BCUT2D eigenvalue weighted by Crippen LogP contribution is -2.31. The van der Waals surface area contributed by atoms with Gasteiger partial charge < -0.3 is 5.73 Å². The van der Waals surface area contributed by atoms with Gasteiger partial charge in [0.25, 0.3) is 0 Å². The maximum absolute atomic E-state index is 6.33. The zero-order valence-corrected chi connectivity index (χ0v) is 12.6. The van der Waals surface area contributed by atoms with E-state index in [1.165, 1.54) is 11.1 Å². The Morgan fingerprint density at radius 2 is 2.15 bits per heavy atom. The fraction of sp³-hybridized carbons (Fsp3) is 0.400. The molecule has 0 saturated carbocycles. The Morgan fingerprint density at radius 3 is 2.85 bits per heavy atom. The molecule has 0 aliphatic carbocycles. The first kappa shape index (κ1) is 13.5. The number of halogens is 1. The summed E-state index contributed by atoms with van der Waals surface area (Å²) >= 11 is 6.33. The van der Waals surface area contributed by atoms with Crippen molar-refractivity contribution < 1.29 is 0 Å². The second kappa shape index (κ2) is 5.11. The van der Waals surface area contributed by atoms with E-state index in [1.807, 2.05) is 24.7 Å². The predicted octanol–water partition coefficient (Wildman–Crippen LogP) is 2.52. The van der Waals surface area contributed by atoms with Crippen LogP contribution in [0.2, 0.25) is 5.02 Å². The SMILES string of the molecule is Cc1nn(C)c(CN2CCc3ccc(N)cc3C2)c1Cl. The second-order valence-electron chi connectivity index (χ2n) is 5.46. The number of benzene rings is 1. The lowest BCUT2D eigenvalue weighted by Gasteiger charge is -2.29. The first-order valence-electron chi connectivity index (χ1n) is 6.82. The average molecular weight is 291 g/mol. The van der Waals surface area contributed by atoms with Gasteiger partial charge in [-0.3, -0.25) is 9.58 Å². The zero-order valence-electron chi connectivity index (χ0n) is 11.9. The molecular formula is C15H19ClN4. The lowest BCUT2D eigenvalue weighted by molar-refractivity contribution is 0.239. The van der Waals surface area contributed by atoms with Crippen molar-refractivity contribution in [3.63, 3.8) is 0 Å². The Bertz CT molecular complexity index is 648. The minimum absolute atomic E-state index is 0.783. The minimum Gasteiger partial charge on any atom is -0.399 e. The van der Waals surface area contributed by atoms with Crippen molar-refractivity contribution in [3.05, 3.63) is 45.7 Å². The number of hydrogen-bond donors (Lipinski definition) is 1. The van der Waals surface area contributed by atoms with Gasteiger partial charge >= 0.3 is 0 Å². The molecule has 0 amide bonds. The van der Waals surface area contributed by atoms with E-state index in [1.54, 1.807) is 0 Å². The third kappa shape index (κ3) is 2.41. The van der Waals surface area contributed by atoms with E-state index >= 15 is 0 Å². The van der Waals surface area contributed by atoms with Crippen molar-refractivity contribution in [3.8, 4) is 0 Å². The summed E-state index contributed by atoms with van der Waals surface area (Å²) in [7, 11) is 1.95. The van der Waals surface area contributed by atoms with Crippen molar-refractivity contribution in [1.29, 1.82) is 0 Å². The van der Waals surface area contributed by atoms with Crippen molar-refractivity contribution >= 4 is 17.3 Å². The van der Waals surface area contributed by atoms with Gasteiger partial charge in [0.15, 0.2) is 0 Å². The molecule has 4 nitrogen and oxygen atoms in total. The highest BCUT2D eigenvalue weighted by Gasteiger charge is 2.20. The first-order chi connectivity index (χ1) is 9.54. The molecule has 5 heteroatoms. The normalized spacial score (nSPS) is 15.3. The standard InChI is InChI=1S/C15H19ClN4/c1-10-15(16)14(19(2)18-10)9-20-6-5-11-3-4-13(17)7-12(11)8-20/h3-4,7H,5-6,8-9,17H2,1-2H3. The van der Waals surface area contributed by atoms with Crippen LogP contribution >= 0.6 is 11.6 Å². The maximum Gasteiger partial charge on any atom is 0.0860 e. The van der Waals surface area contributed by atoms with E-state index in [9.17, 15) is 0 Å². The molecular weight excluding hydrogens is 272 g/mol. The molecule has 2 heterocycles. The van der Waals surface area contributed by atoms with E-state index in [0.717, 1.165) is 48.2 Å². The predicted molar refractivity (Wildman–Crippen MR) is 81.6 cm³/mol. The quantitative estimate of drug-likeness (QED) is 0.865. The van der Waals surface area contributed by atoms with Crippen molar-refractivity contribution in [2.75, 3.05) is 12.3 Å². The molecule has 20 heavy (non-hydrogen) atoms. The van der Waals surface area contributed by atoms with Crippen molar-refractivity contribution in [2.24, 2.45) is 7.05 Å². The third-order valence-electron chi connectivity index (χ3n) is 3.96. The van der Waals surface area contributed by atoms with Gasteiger partial charge in [-0.05, 0) is 36.6 Å². The minimum atomic E-state index is 0.783. The van der Waals surface area contributed by atoms with E-state index < -0.39 is 0 Å². The largest absolute Gasteiger partial charge is 0.399 e. The summed E-state index contributed by atoms with van der Waals surface area (Å²) < 4.78 is 1.88. The number of hydrogen-bond acceptors (Lipinski definition) is 3. The van der Waals surface area contributed by atoms with Gasteiger partial charge in [-0.2, -0.15) is 5.10 Å². The summed E-state index contributed by atoms with van der Waals surface area (Å²) in [6, 6.07) is 6.20. The van der Waals surface area contributed by atoms with Crippen LogP contribution < -0.4 is 5.73 Å². The highest BCUT2D eigenvalue weighted by atomic mass is 35.5. The molecule has 0 radical (unpaired) electrons. The van der Waals surface area contributed by atoms with Gasteiger partial charge in [0.05, 0.1) is 16.4 Å². The van der Waals surface area contributed by atoms with E-state index in [0.29, 0.717) is 0 Å². The molecule has 0 atom stereocenters. The summed E-state index contributed by atoms with van der Waals surface area (Å²) in [6.45, 7) is 4.72. The number of aromatic nitrogens is 2. The van der Waals surface area contributed by atoms with Gasteiger partial charge in [0.1, 0.15) is 0 Å². The van der Waals surface area contributed by atoms with E-state index in [-0.39, 0.29) is 0 Å². The maximum atomic E-state index is 6.33. The number of nitrogens with two attached hydrogens (primary N) is 1. The Labute approximate surface area is 124 Å². The molecule has 0 saturated heterocycles. The molecule has 1 aromatic carbocycles.